The van der Waals surface area contributed by atoms with Crippen LogP contribution >= 0.6 is 0 Å². The van der Waals surface area contributed by atoms with Gasteiger partial charge in [0.1, 0.15) is 11.9 Å². The van der Waals surface area contributed by atoms with E-state index in [2.05, 4.69) is 5.32 Å². The highest BCUT2D eigenvalue weighted by molar-refractivity contribution is 7.88. The first-order chi connectivity index (χ1) is 13.8. The van der Waals surface area contributed by atoms with Crippen molar-refractivity contribution in [1.82, 2.24) is 9.62 Å². The van der Waals surface area contributed by atoms with Crippen LogP contribution in [0.25, 0.3) is 0 Å². The van der Waals surface area contributed by atoms with Crippen LogP contribution in [0, 0.1) is 0 Å². The third kappa shape index (κ3) is 5.65. The molecule has 2 aromatic rings. The number of piperidine rings is 1. The molecule has 3 rings (SSSR count). The molecule has 1 aliphatic rings. The summed E-state index contributed by atoms with van der Waals surface area (Å²) in [5.41, 5.74) is 0.883. The fourth-order valence-electron chi connectivity index (χ4n) is 3.20. The highest BCUT2D eigenvalue weighted by atomic mass is 32.2. The number of para-hydroxylation sites is 1. The smallest absolute Gasteiger partial charge is 0.255 e. The maximum absolute atomic E-state index is 12.6. The summed E-state index contributed by atoms with van der Waals surface area (Å²) < 4.78 is 30.7. The average Bonchev–Trinajstić information content (AvgIpc) is 2.72. The normalized spacial score (nSPS) is 15.6. The Morgan fingerprint density at radius 1 is 1.03 bits per heavy atom. The van der Waals surface area contributed by atoms with Crippen LogP contribution in [0.5, 0.6) is 5.75 Å². The number of hydrogen-bond acceptors (Lipinski definition) is 5. The summed E-state index contributed by atoms with van der Waals surface area (Å²) in [5, 5.41) is 2.65. The van der Waals surface area contributed by atoms with Crippen molar-refractivity contribution in [3.8, 4) is 5.75 Å². The van der Waals surface area contributed by atoms with Crippen LogP contribution in [0.1, 0.15) is 33.6 Å². The van der Waals surface area contributed by atoms with Gasteiger partial charge in [0.2, 0.25) is 10.0 Å². The van der Waals surface area contributed by atoms with Crippen molar-refractivity contribution < 1.29 is 22.7 Å². The van der Waals surface area contributed by atoms with Gasteiger partial charge in [0, 0.05) is 18.7 Å². The lowest BCUT2D eigenvalue weighted by Crippen LogP contribution is -2.41. The Hall–Kier alpha value is -2.71. The first-order valence-corrected chi connectivity index (χ1v) is 11.3. The zero-order valence-corrected chi connectivity index (χ0v) is 17.0. The molecule has 1 N–H and O–H groups in total. The zero-order chi connectivity index (χ0) is 20.9. The van der Waals surface area contributed by atoms with Crippen LogP contribution in [0.2, 0.25) is 0 Å². The van der Waals surface area contributed by atoms with E-state index in [-0.39, 0.29) is 18.4 Å². The molecule has 1 aliphatic heterocycles. The maximum atomic E-state index is 12.6. The zero-order valence-electron chi connectivity index (χ0n) is 16.2. The predicted octanol–water partition coefficient (Wildman–Crippen LogP) is 2.10. The van der Waals surface area contributed by atoms with Crippen molar-refractivity contribution in [1.29, 1.82) is 0 Å². The monoisotopic (exact) mass is 416 g/mol. The van der Waals surface area contributed by atoms with Crippen LogP contribution in [-0.4, -0.2) is 56.4 Å². The van der Waals surface area contributed by atoms with E-state index < -0.39 is 15.9 Å². The molecule has 0 aliphatic carbocycles. The molecule has 29 heavy (non-hydrogen) atoms. The molecule has 1 heterocycles. The Labute approximate surface area is 170 Å². The Morgan fingerprint density at radius 2 is 1.66 bits per heavy atom. The molecule has 0 aromatic heterocycles. The molecule has 1 fully saturated rings. The second-order valence-electron chi connectivity index (χ2n) is 6.95. The molecule has 0 saturated carbocycles. The van der Waals surface area contributed by atoms with Gasteiger partial charge in [0.25, 0.3) is 5.91 Å². The number of ether oxygens (including phenoxy) is 1. The number of carbonyl (C=O) groups excluding carboxylic acids is 2. The number of nitrogens with one attached hydrogen (secondary N) is 1. The minimum atomic E-state index is -3.20. The molecule has 1 saturated heterocycles. The highest BCUT2D eigenvalue weighted by Gasteiger charge is 2.27. The van der Waals surface area contributed by atoms with Gasteiger partial charge in [-0.2, -0.15) is 0 Å². The van der Waals surface area contributed by atoms with Crippen molar-refractivity contribution >= 4 is 21.7 Å². The fraction of sp³-hybridized carbons (Fsp3) is 0.333. The van der Waals surface area contributed by atoms with Crippen LogP contribution < -0.4 is 10.1 Å². The van der Waals surface area contributed by atoms with Gasteiger partial charge >= 0.3 is 0 Å². The summed E-state index contributed by atoms with van der Waals surface area (Å²) in [5.74, 6) is -0.140. The average molecular weight is 416 g/mol. The summed E-state index contributed by atoms with van der Waals surface area (Å²) in [6.07, 6.45) is 2.13. The van der Waals surface area contributed by atoms with E-state index in [0.29, 0.717) is 42.8 Å². The van der Waals surface area contributed by atoms with Gasteiger partial charge in [-0.05, 0) is 25.0 Å². The minimum absolute atomic E-state index is 0.107. The van der Waals surface area contributed by atoms with Crippen LogP contribution in [0.3, 0.4) is 0 Å². The Morgan fingerprint density at radius 3 is 2.31 bits per heavy atom. The lowest BCUT2D eigenvalue weighted by molar-refractivity contribution is 0.0894. The van der Waals surface area contributed by atoms with Crippen LogP contribution in [0.4, 0.5) is 0 Å². The highest BCUT2D eigenvalue weighted by Crippen LogP contribution is 2.24. The summed E-state index contributed by atoms with van der Waals surface area (Å²) in [4.78, 5) is 24.8. The van der Waals surface area contributed by atoms with Crippen LogP contribution in [0.15, 0.2) is 54.6 Å². The van der Waals surface area contributed by atoms with Gasteiger partial charge in [-0.1, -0.05) is 42.5 Å². The third-order valence-electron chi connectivity index (χ3n) is 4.80. The molecular formula is C21H24N2O5S. The first kappa shape index (κ1) is 21.0. The number of rotatable bonds is 7. The largest absolute Gasteiger partial charge is 0.489 e. The van der Waals surface area contributed by atoms with Gasteiger partial charge in [0.15, 0.2) is 5.78 Å². The Kier molecular flexibility index (Phi) is 6.66. The number of hydrogen-bond donors (Lipinski definition) is 1. The molecule has 0 radical (unpaired) electrons. The van der Waals surface area contributed by atoms with Crippen molar-refractivity contribution in [2.75, 3.05) is 25.9 Å². The van der Waals surface area contributed by atoms with Crippen molar-refractivity contribution in [3.63, 3.8) is 0 Å². The molecular weight excluding hydrogens is 392 g/mol. The molecule has 8 heteroatoms. The van der Waals surface area contributed by atoms with E-state index >= 15 is 0 Å². The van der Waals surface area contributed by atoms with Crippen molar-refractivity contribution in [2.45, 2.75) is 18.9 Å². The van der Waals surface area contributed by atoms with E-state index in [9.17, 15) is 18.0 Å². The predicted molar refractivity (Wildman–Crippen MR) is 110 cm³/mol. The SMILES string of the molecule is CS(=O)(=O)N1CCC(Oc2ccccc2C(=O)NCC(=O)c2ccccc2)CC1. The second-order valence-corrected chi connectivity index (χ2v) is 8.93. The van der Waals surface area contributed by atoms with E-state index in [1.807, 2.05) is 6.07 Å². The third-order valence-corrected chi connectivity index (χ3v) is 6.10. The number of ketones is 1. The topological polar surface area (TPSA) is 92.8 Å². The van der Waals surface area contributed by atoms with Gasteiger partial charge in [0.05, 0.1) is 18.4 Å². The lowest BCUT2D eigenvalue weighted by Gasteiger charge is -2.30. The number of amides is 1. The van der Waals surface area contributed by atoms with E-state index in [1.165, 1.54) is 10.6 Å². The summed E-state index contributed by atoms with van der Waals surface area (Å²) in [6.45, 7) is 0.677. The molecule has 0 spiro atoms. The molecule has 0 atom stereocenters. The summed E-state index contributed by atoms with van der Waals surface area (Å²) in [6, 6.07) is 15.6. The van der Waals surface area contributed by atoms with Crippen LogP contribution in [-0.2, 0) is 10.0 Å². The Bertz CT molecular complexity index is 968. The molecule has 0 unspecified atom stereocenters. The standard InChI is InChI=1S/C21H24N2O5S/c1-29(26,27)23-13-11-17(12-14-23)28-20-10-6-5-9-18(20)21(25)22-15-19(24)16-7-3-2-4-8-16/h2-10,17H,11-15H2,1H3,(H,22,25). The minimum Gasteiger partial charge on any atom is -0.489 e. The number of carbonyl (C=O) groups is 2. The second kappa shape index (κ2) is 9.19. The molecule has 2 aromatic carbocycles. The van der Waals surface area contributed by atoms with Gasteiger partial charge in [-0.25, -0.2) is 12.7 Å². The van der Waals surface area contributed by atoms with E-state index in [0.717, 1.165) is 0 Å². The fourth-order valence-corrected chi connectivity index (χ4v) is 4.07. The number of Topliss-reactive ketones (excluding diaryl/α,β-unsaturated/α-hetero) is 1. The van der Waals surface area contributed by atoms with Gasteiger partial charge in [-0.3, -0.25) is 9.59 Å². The van der Waals surface area contributed by atoms with E-state index in [1.54, 1.807) is 48.5 Å². The maximum Gasteiger partial charge on any atom is 0.255 e. The molecule has 0 bridgehead atoms. The summed E-state index contributed by atoms with van der Waals surface area (Å²) in [7, 11) is -3.20. The van der Waals surface area contributed by atoms with Crippen molar-refractivity contribution in [2.24, 2.45) is 0 Å². The quantitative estimate of drug-likeness (QED) is 0.698. The van der Waals surface area contributed by atoms with E-state index in [4.69, 9.17) is 4.74 Å². The molecule has 154 valence electrons. The first-order valence-electron chi connectivity index (χ1n) is 9.42. The Balaban J connectivity index is 1.60. The van der Waals surface area contributed by atoms with Gasteiger partial charge < -0.3 is 10.1 Å². The lowest BCUT2D eigenvalue weighted by atomic mass is 10.1. The number of benzene rings is 2. The molecule has 1 amide bonds. The number of sulfonamides is 1. The number of nitrogens with zero attached hydrogens (tertiary/aromatic N) is 1. The summed E-state index contributed by atoms with van der Waals surface area (Å²) >= 11 is 0. The molecule has 7 nitrogen and oxygen atoms in total. The van der Waals surface area contributed by atoms with Gasteiger partial charge in [-0.15, -0.1) is 0 Å². The van der Waals surface area contributed by atoms with Crippen molar-refractivity contribution in [3.05, 3.63) is 65.7 Å².